The number of aromatic nitrogens is 1. The highest BCUT2D eigenvalue weighted by Crippen LogP contribution is 2.20. The Hall–Kier alpha value is -3.14. The summed E-state index contributed by atoms with van der Waals surface area (Å²) in [7, 11) is 0. The van der Waals surface area contributed by atoms with Crippen molar-refractivity contribution in [3.8, 4) is 0 Å². The SMILES string of the molecule is CCN(C(=O)c1ccc(Nc2cccc(C)c2)cn1)c1cccc(C)c1. The minimum absolute atomic E-state index is 0.0970. The number of nitrogens with zero attached hydrogens (tertiary/aromatic N) is 2. The van der Waals surface area contributed by atoms with Gasteiger partial charge < -0.3 is 10.2 Å². The zero-order valence-corrected chi connectivity index (χ0v) is 15.4. The Labute approximate surface area is 154 Å². The Morgan fingerprint density at radius 3 is 2.31 bits per heavy atom. The third-order valence-electron chi connectivity index (χ3n) is 4.16. The molecule has 0 aliphatic rings. The molecule has 0 fully saturated rings. The molecule has 3 rings (SSSR count). The van der Waals surface area contributed by atoms with Gasteiger partial charge in [-0.05, 0) is 68.3 Å². The zero-order valence-electron chi connectivity index (χ0n) is 15.4. The van der Waals surface area contributed by atoms with Crippen LogP contribution in [-0.2, 0) is 0 Å². The number of anilines is 3. The van der Waals surface area contributed by atoms with Gasteiger partial charge in [0, 0.05) is 17.9 Å². The third-order valence-corrected chi connectivity index (χ3v) is 4.16. The van der Waals surface area contributed by atoms with E-state index >= 15 is 0 Å². The Balaban J connectivity index is 1.77. The number of nitrogens with one attached hydrogen (secondary N) is 1. The molecule has 3 aromatic rings. The van der Waals surface area contributed by atoms with Crippen molar-refractivity contribution < 1.29 is 4.79 Å². The topological polar surface area (TPSA) is 45.2 Å². The molecule has 4 heteroatoms. The van der Waals surface area contributed by atoms with Gasteiger partial charge in [-0.3, -0.25) is 4.79 Å². The number of hydrogen-bond donors (Lipinski definition) is 1. The summed E-state index contributed by atoms with van der Waals surface area (Å²) in [5, 5.41) is 3.31. The number of hydrogen-bond acceptors (Lipinski definition) is 3. The molecule has 1 amide bonds. The normalized spacial score (nSPS) is 10.4. The van der Waals surface area contributed by atoms with Crippen molar-refractivity contribution in [1.82, 2.24) is 4.98 Å². The lowest BCUT2D eigenvalue weighted by atomic mass is 10.2. The molecule has 0 aliphatic carbocycles. The van der Waals surface area contributed by atoms with Gasteiger partial charge in [0.25, 0.3) is 5.91 Å². The summed E-state index contributed by atoms with van der Waals surface area (Å²) in [6.45, 7) is 6.63. The average molecular weight is 345 g/mol. The first kappa shape index (κ1) is 17.7. The molecular formula is C22H23N3O. The van der Waals surface area contributed by atoms with Crippen LogP contribution in [0.1, 0.15) is 28.5 Å². The van der Waals surface area contributed by atoms with E-state index in [1.807, 2.05) is 56.3 Å². The molecule has 0 bridgehead atoms. The van der Waals surface area contributed by atoms with Crippen LogP contribution in [0.25, 0.3) is 0 Å². The van der Waals surface area contributed by atoms with E-state index in [-0.39, 0.29) is 5.91 Å². The van der Waals surface area contributed by atoms with Gasteiger partial charge in [0.2, 0.25) is 0 Å². The summed E-state index contributed by atoms with van der Waals surface area (Å²) < 4.78 is 0. The molecule has 2 aromatic carbocycles. The first-order valence-electron chi connectivity index (χ1n) is 8.75. The Bertz CT molecular complexity index is 903. The number of carbonyl (C=O) groups excluding carboxylic acids is 1. The molecule has 1 N–H and O–H groups in total. The lowest BCUT2D eigenvalue weighted by Gasteiger charge is -2.21. The zero-order chi connectivity index (χ0) is 18.5. The van der Waals surface area contributed by atoms with Gasteiger partial charge in [0.05, 0.1) is 11.9 Å². The largest absolute Gasteiger partial charge is 0.354 e. The van der Waals surface area contributed by atoms with E-state index in [4.69, 9.17) is 0 Å². The first-order chi connectivity index (χ1) is 12.6. The Morgan fingerprint density at radius 1 is 0.962 bits per heavy atom. The molecule has 132 valence electrons. The number of benzene rings is 2. The monoisotopic (exact) mass is 345 g/mol. The molecule has 4 nitrogen and oxygen atoms in total. The van der Waals surface area contributed by atoms with Crippen molar-refractivity contribution in [3.63, 3.8) is 0 Å². The summed E-state index contributed by atoms with van der Waals surface area (Å²) in [4.78, 5) is 18.9. The van der Waals surface area contributed by atoms with E-state index in [0.29, 0.717) is 12.2 Å². The van der Waals surface area contributed by atoms with Crippen LogP contribution in [0.3, 0.4) is 0 Å². The number of aryl methyl sites for hydroxylation is 2. The molecule has 0 radical (unpaired) electrons. The van der Waals surface area contributed by atoms with Gasteiger partial charge in [-0.1, -0.05) is 24.3 Å². The highest BCUT2D eigenvalue weighted by Gasteiger charge is 2.17. The minimum Gasteiger partial charge on any atom is -0.354 e. The van der Waals surface area contributed by atoms with E-state index < -0.39 is 0 Å². The molecule has 0 aliphatic heterocycles. The standard InChI is InChI=1S/C22H23N3O/c1-4-25(20-10-6-8-17(3)14-20)22(26)21-12-11-19(15-23-21)24-18-9-5-7-16(2)13-18/h5-15,24H,4H2,1-3H3. The van der Waals surface area contributed by atoms with Crippen molar-refractivity contribution in [2.24, 2.45) is 0 Å². The van der Waals surface area contributed by atoms with Crippen molar-refractivity contribution in [1.29, 1.82) is 0 Å². The summed E-state index contributed by atoms with van der Waals surface area (Å²) >= 11 is 0. The molecule has 1 aromatic heterocycles. The van der Waals surface area contributed by atoms with E-state index in [2.05, 4.69) is 29.4 Å². The second-order valence-electron chi connectivity index (χ2n) is 6.32. The van der Waals surface area contributed by atoms with Crippen LogP contribution in [0.15, 0.2) is 66.9 Å². The number of carbonyl (C=O) groups is 1. The fourth-order valence-corrected chi connectivity index (χ4v) is 2.86. The maximum Gasteiger partial charge on any atom is 0.276 e. The fraction of sp³-hybridized carbons (Fsp3) is 0.182. The molecule has 1 heterocycles. The molecule has 0 atom stereocenters. The summed E-state index contributed by atoms with van der Waals surface area (Å²) in [6, 6.07) is 19.7. The van der Waals surface area contributed by atoms with Gasteiger partial charge in [0.15, 0.2) is 0 Å². The van der Waals surface area contributed by atoms with Gasteiger partial charge in [-0.15, -0.1) is 0 Å². The van der Waals surface area contributed by atoms with Gasteiger partial charge in [0.1, 0.15) is 5.69 Å². The Kier molecular flexibility index (Phi) is 5.32. The second-order valence-corrected chi connectivity index (χ2v) is 6.32. The molecule has 26 heavy (non-hydrogen) atoms. The van der Waals surface area contributed by atoms with Gasteiger partial charge >= 0.3 is 0 Å². The molecule has 0 saturated carbocycles. The summed E-state index contributed by atoms with van der Waals surface area (Å²) in [5.41, 5.74) is 5.49. The molecule has 0 unspecified atom stereocenters. The minimum atomic E-state index is -0.0970. The quantitative estimate of drug-likeness (QED) is 0.699. The van der Waals surface area contributed by atoms with Gasteiger partial charge in [-0.25, -0.2) is 4.98 Å². The van der Waals surface area contributed by atoms with Gasteiger partial charge in [-0.2, -0.15) is 0 Å². The van der Waals surface area contributed by atoms with E-state index in [1.165, 1.54) is 5.56 Å². The lowest BCUT2D eigenvalue weighted by molar-refractivity contribution is 0.0983. The van der Waals surface area contributed by atoms with Crippen LogP contribution in [0, 0.1) is 13.8 Å². The maximum absolute atomic E-state index is 12.8. The average Bonchev–Trinajstić information content (AvgIpc) is 2.63. The van der Waals surface area contributed by atoms with Crippen LogP contribution in [0.4, 0.5) is 17.1 Å². The number of rotatable bonds is 5. The van der Waals surface area contributed by atoms with E-state index in [1.54, 1.807) is 17.2 Å². The van der Waals surface area contributed by atoms with Crippen LogP contribution >= 0.6 is 0 Å². The smallest absolute Gasteiger partial charge is 0.276 e. The maximum atomic E-state index is 12.8. The third kappa shape index (κ3) is 4.09. The lowest BCUT2D eigenvalue weighted by Crippen LogP contribution is -2.31. The summed E-state index contributed by atoms with van der Waals surface area (Å²) in [5.74, 6) is -0.0970. The highest BCUT2D eigenvalue weighted by atomic mass is 16.2. The van der Waals surface area contributed by atoms with Crippen LogP contribution < -0.4 is 10.2 Å². The fourth-order valence-electron chi connectivity index (χ4n) is 2.86. The van der Waals surface area contributed by atoms with Crippen molar-refractivity contribution >= 4 is 23.0 Å². The van der Waals surface area contributed by atoms with Crippen LogP contribution in [0.5, 0.6) is 0 Å². The predicted octanol–water partition coefficient (Wildman–Crippen LogP) is 5.11. The van der Waals surface area contributed by atoms with Crippen LogP contribution in [0.2, 0.25) is 0 Å². The predicted molar refractivity (Wildman–Crippen MR) is 107 cm³/mol. The molecule has 0 spiro atoms. The summed E-state index contributed by atoms with van der Waals surface area (Å²) in [6.07, 6.45) is 1.69. The molecule has 0 saturated heterocycles. The van der Waals surface area contributed by atoms with Crippen molar-refractivity contribution in [2.45, 2.75) is 20.8 Å². The highest BCUT2D eigenvalue weighted by molar-refractivity contribution is 6.04. The number of amides is 1. The van der Waals surface area contributed by atoms with E-state index in [9.17, 15) is 4.79 Å². The first-order valence-corrected chi connectivity index (χ1v) is 8.75. The second kappa shape index (κ2) is 7.83. The number of pyridine rings is 1. The molecular weight excluding hydrogens is 322 g/mol. The Morgan fingerprint density at radius 2 is 1.69 bits per heavy atom. The van der Waals surface area contributed by atoms with Crippen molar-refractivity contribution in [3.05, 3.63) is 83.7 Å². The van der Waals surface area contributed by atoms with Crippen molar-refractivity contribution in [2.75, 3.05) is 16.8 Å². The van der Waals surface area contributed by atoms with E-state index in [0.717, 1.165) is 22.6 Å². The van der Waals surface area contributed by atoms with Crippen LogP contribution in [-0.4, -0.2) is 17.4 Å².